The van der Waals surface area contributed by atoms with Crippen molar-refractivity contribution in [3.8, 4) is 0 Å². The standard InChI is InChI=1S/C21H26N4O/c1-14-11-15(2)25(23-14)13-21(9-10-21)12-22-20(26)19-16(3)17-7-5-6-8-18(17)24(19)4/h5-8,11H,9-10,12-13H2,1-4H3,(H,22,26). The molecule has 3 aromatic rings. The van der Waals surface area contributed by atoms with E-state index in [9.17, 15) is 4.79 Å². The van der Waals surface area contributed by atoms with Crippen molar-refractivity contribution in [1.29, 1.82) is 0 Å². The summed E-state index contributed by atoms with van der Waals surface area (Å²) < 4.78 is 4.08. The topological polar surface area (TPSA) is 51.9 Å². The van der Waals surface area contributed by atoms with Crippen LogP contribution in [0, 0.1) is 26.2 Å². The van der Waals surface area contributed by atoms with Crippen LogP contribution in [0.3, 0.4) is 0 Å². The van der Waals surface area contributed by atoms with Gasteiger partial charge in [-0.05, 0) is 51.3 Å². The fourth-order valence-corrected chi connectivity index (χ4v) is 3.98. The molecular weight excluding hydrogens is 324 g/mol. The number of hydrogen-bond donors (Lipinski definition) is 1. The van der Waals surface area contributed by atoms with E-state index in [2.05, 4.69) is 40.2 Å². The second kappa shape index (κ2) is 6.01. The number of nitrogens with one attached hydrogen (secondary N) is 1. The molecule has 0 radical (unpaired) electrons. The van der Waals surface area contributed by atoms with Gasteiger partial charge in [0.1, 0.15) is 5.69 Å². The largest absolute Gasteiger partial charge is 0.350 e. The highest BCUT2D eigenvalue weighted by molar-refractivity contribution is 6.01. The molecule has 0 spiro atoms. The molecule has 5 heteroatoms. The zero-order chi connectivity index (χ0) is 18.5. The first-order valence-electron chi connectivity index (χ1n) is 9.23. The van der Waals surface area contributed by atoms with Crippen molar-refractivity contribution in [3.63, 3.8) is 0 Å². The van der Waals surface area contributed by atoms with Crippen molar-refractivity contribution < 1.29 is 4.79 Å². The molecule has 26 heavy (non-hydrogen) atoms. The van der Waals surface area contributed by atoms with Crippen molar-refractivity contribution in [1.82, 2.24) is 19.7 Å². The minimum atomic E-state index is 0.0147. The molecule has 0 aliphatic heterocycles. The Morgan fingerprint density at radius 1 is 1.23 bits per heavy atom. The fourth-order valence-electron chi connectivity index (χ4n) is 3.98. The Morgan fingerprint density at radius 2 is 1.96 bits per heavy atom. The minimum Gasteiger partial charge on any atom is -0.350 e. The van der Waals surface area contributed by atoms with E-state index < -0.39 is 0 Å². The lowest BCUT2D eigenvalue weighted by Gasteiger charge is -2.17. The Labute approximate surface area is 154 Å². The summed E-state index contributed by atoms with van der Waals surface area (Å²) in [4.78, 5) is 12.9. The third-order valence-corrected chi connectivity index (χ3v) is 5.74. The lowest BCUT2D eigenvalue weighted by Crippen LogP contribution is -2.34. The molecular formula is C21H26N4O. The maximum Gasteiger partial charge on any atom is 0.268 e. The monoisotopic (exact) mass is 350 g/mol. The van der Waals surface area contributed by atoms with E-state index in [1.807, 2.05) is 37.6 Å². The summed E-state index contributed by atoms with van der Waals surface area (Å²) in [6, 6.07) is 10.3. The highest BCUT2D eigenvalue weighted by atomic mass is 16.1. The quantitative estimate of drug-likeness (QED) is 0.765. The van der Waals surface area contributed by atoms with Crippen molar-refractivity contribution >= 4 is 16.8 Å². The van der Waals surface area contributed by atoms with Gasteiger partial charge < -0.3 is 9.88 Å². The molecule has 4 rings (SSSR count). The van der Waals surface area contributed by atoms with Gasteiger partial charge in [-0.2, -0.15) is 5.10 Å². The van der Waals surface area contributed by atoms with Crippen molar-refractivity contribution in [3.05, 3.63) is 53.0 Å². The van der Waals surface area contributed by atoms with Crippen LogP contribution in [0.1, 0.15) is 40.3 Å². The van der Waals surface area contributed by atoms with E-state index in [0.717, 1.165) is 47.2 Å². The molecule has 0 saturated heterocycles. The van der Waals surface area contributed by atoms with Gasteiger partial charge >= 0.3 is 0 Å². The van der Waals surface area contributed by atoms with Gasteiger partial charge in [0.15, 0.2) is 0 Å². The number of carbonyl (C=O) groups excluding carboxylic acids is 1. The second-order valence-electron chi connectivity index (χ2n) is 7.82. The third-order valence-electron chi connectivity index (χ3n) is 5.74. The maximum absolute atomic E-state index is 12.9. The average Bonchev–Trinajstić information content (AvgIpc) is 3.24. The van der Waals surface area contributed by atoms with E-state index in [1.54, 1.807) is 0 Å². The Morgan fingerprint density at radius 3 is 2.58 bits per heavy atom. The molecule has 1 fully saturated rings. The molecule has 0 atom stereocenters. The maximum atomic E-state index is 12.9. The Kier molecular flexibility index (Phi) is 3.90. The first-order valence-corrected chi connectivity index (χ1v) is 9.23. The van der Waals surface area contributed by atoms with Gasteiger partial charge in [0.2, 0.25) is 0 Å². The zero-order valence-corrected chi connectivity index (χ0v) is 16.0. The predicted molar refractivity (Wildman–Crippen MR) is 103 cm³/mol. The van der Waals surface area contributed by atoms with Gasteiger partial charge in [-0.1, -0.05) is 18.2 Å². The third kappa shape index (κ3) is 2.81. The highest BCUT2D eigenvalue weighted by Gasteiger charge is 2.43. The molecule has 1 aliphatic rings. The number of rotatable bonds is 5. The van der Waals surface area contributed by atoms with Crippen LogP contribution >= 0.6 is 0 Å². The van der Waals surface area contributed by atoms with Gasteiger partial charge in [0.05, 0.1) is 5.69 Å². The van der Waals surface area contributed by atoms with Crippen LogP contribution in [0.15, 0.2) is 30.3 Å². The number of aryl methyl sites for hydroxylation is 4. The van der Waals surface area contributed by atoms with Crippen LogP contribution in [0.2, 0.25) is 0 Å². The summed E-state index contributed by atoms with van der Waals surface area (Å²) in [5.74, 6) is 0.0147. The number of nitrogens with zero attached hydrogens (tertiary/aromatic N) is 3. The van der Waals surface area contributed by atoms with E-state index in [-0.39, 0.29) is 11.3 Å². The molecule has 1 N–H and O–H groups in total. The SMILES string of the molecule is Cc1cc(C)n(CC2(CNC(=O)c3c(C)c4ccccc4n3C)CC2)n1. The minimum absolute atomic E-state index is 0.0147. The lowest BCUT2D eigenvalue weighted by atomic mass is 10.1. The van der Waals surface area contributed by atoms with E-state index >= 15 is 0 Å². The first-order chi connectivity index (χ1) is 12.4. The summed E-state index contributed by atoms with van der Waals surface area (Å²) in [5, 5.41) is 8.91. The van der Waals surface area contributed by atoms with E-state index in [1.165, 1.54) is 5.69 Å². The number of aromatic nitrogens is 3. The van der Waals surface area contributed by atoms with E-state index in [0.29, 0.717) is 6.54 Å². The molecule has 2 heterocycles. The number of carbonyl (C=O) groups is 1. The molecule has 5 nitrogen and oxygen atoms in total. The van der Waals surface area contributed by atoms with E-state index in [4.69, 9.17) is 0 Å². The molecule has 1 saturated carbocycles. The van der Waals surface area contributed by atoms with Crippen LogP contribution < -0.4 is 5.32 Å². The van der Waals surface area contributed by atoms with Crippen LogP contribution in [0.5, 0.6) is 0 Å². The number of para-hydroxylation sites is 1. The average molecular weight is 350 g/mol. The summed E-state index contributed by atoms with van der Waals surface area (Å²) in [7, 11) is 1.97. The van der Waals surface area contributed by atoms with Gasteiger partial charge in [0, 0.05) is 42.1 Å². The van der Waals surface area contributed by atoms with Crippen LogP contribution in [0.4, 0.5) is 0 Å². The summed E-state index contributed by atoms with van der Waals surface area (Å²) in [6.07, 6.45) is 2.28. The van der Waals surface area contributed by atoms with Crippen molar-refractivity contribution in [2.24, 2.45) is 12.5 Å². The van der Waals surface area contributed by atoms with Crippen LogP contribution in [-0.2, 0) is 13.6 Å². The lowest BCUT2D eigenvalue weighted by molar-refractivity contribution is 0.0934. The molecule has 1 aliphatic carbocycles. The summed E-state index contributed by atoms with van der Waals surface area (Å²) >= 11 is 0. The second-order valence-corrected chi connectivity index (χ2v) is 7.82. The molecule has 136 valence electrons. The molecule has 0 bridgehead atoms. The zero-order valence-electron chi connectivity index (χ0n) is 16.0. The normalized spacial score (nSPS) is 15.4. The summed E-state index contributed by atoms with van der Waals surface area (Å²) in [5.41, 5.74) is 5.28. The molecule has 2 aromatic heterocycles. The Bertz CT molecular complexity index is 952. The fraction of sp³-hybridized carbons (Fsp3) is 0.429. The Balaban J connectivity index is 1.50. The smallest absolute Gasteiger partial charge is 0.268 e. The van der Waals surface area contributed by atoms with Crippen LogP contribution in [0.25, 0.3) is 10.9 Å². The molecule has 0 unspecified atom stereocenters. The highest BCUT2D eigenvalue weighted by Crippen LogP contribution is 2.46. The predicted octanol–water partition coefficient (Wildman–Crippen LogP) is 3.51. The van der Waals surface area contributed by atoms with Gasteiger partial charge in [-0.25, -0.2) is 0 Å². The van der Waals surface area contributed by atoms with Crippen molar-refractivity contribution in [2.45, 2.75) is 40.2 Å². The van der Waals surface area contributed by atoms with Gasteiger partial charge in [-0.3, -0.25) is 9.48 Å². The number of benzene rings is 1. The van der Waals surface area contributed by atoms with Crippen LogP contribution in [-0.4, -0.2) is 26.8 Å². The van der Waals surface area contributed by atoms with Gasteiger partial charge in [-0.15, -0.1) is 0 Å². The number of amides is 1. The first kappa shape index (κ1) is 16.9. The molecule has 1 aromatic carbocycles. The van der Waals surface area contributed by atoms with Gasteiger partial charge in [0.25, 0.3) is 5.91 Å². The Hall–Kier alpha value is -2.56. The number of fused-ring (bicyclic) bond motifs is 1. The summed E-state index contributed by atoms with van der Waals surface area (Å²) in [6.45, 7) is 7.72. The molecule has 1 amide bonds. The van der Waals surface area contributed by atoms with Crippen molar-refractivity contribution in [2.75, 3.05) is 6.54 Å². The number of hydrogen-bond acceptors (Lipinski definition) is 2.